The molecule has 7 heteroatoms. The van der Waals surface area contributed by atoms with Crippen molar-refractivity contribution in [1.29, 1.82) is 5.26 Å². The minimum Gasteiger partial charge on any atom is -0.216 e. The van der Waals surface area contributed by atoms with Crippen molar-refractivity contribution in [2.24, 2.45) is 5.92 Å². The average Bonchev–Trinajstić information content (AvgIpc) is 2.97. The molecule has 0 amide bonds. The third-order valence-corrected chi connectivity index (χ3v) is 4.06. The average molecular weight is 318 g/mol. The first-order chi connectivity index (χ1) is 10.5. The number of rotatable bonds is 3. The summed E-state index contributed by atoms with van der Waals surface area (Å²) in [6.45, 7) is 4.17. The van der Waals surface area contributed by atoms with E-state index < -0.39 is 11.6 Å². The third-order valence-electron chi connectivity index (χ3n) is 3.13. The van der Waals surface area contributed by atoms with Crippen molar-refractivity contribution in [3.63, 3.8) is 0 Å². The number of nitriles is 1. The van der Waals surface area contributed by atoms with Crippen LogP contribution in [-0.2, 0) is 6.42 Å². The molecular formula is C15H12F2N4S. The Hall–Kier alpha value is -2.33. The van der Waals surface area contributed by atoms with E-state index in [0.29, 0.717) is 22.1 Å². The number of halogens is 2. The van der Waals surface area contributed by atoms with E-state index in [-0.39, 0.29) is 5.69 Å². The fourth-order valence-corrected chi connectivity index (χ4v) is 3.27. The zero-order valence-electron chi connectivity index (χ0n) is 12.0. The van der Waals surface area contributed by atoms with Crippen molar-refractivity contribution in [2.75, 3.05) is 0 Å². The molecule has 3 rings (SSSR count). The molecule has 2 heterocycles. The van der Waals surface area contributed by atoms with Gasteiger partial charge in [-0.3, -0.25) is 0 Å². The van der Waals surface area contributed by atoms with Gasteiger partial charge in [0, 0.05) is 12.0 Å². The molecule has 3 aromatic rings. The molecule has 0 N–H and O–H groups in total. The molecule has 0 spiro atoms. The van der Waals surface area contributed by atoms with Gasteiger partial charge in [-0.1, -0.05) is 25.2 Å². The van der Waals surface area contributed by atoms with Gasteiger partial charge in [-0.2, -0.15) is 14.9 Å². The Bertz CT molecular complexity index is 889. The summed E-state index contributed by atoms with van der Waals surface area (Å²) in [5.41, 5.74) is 0.905. The van der Waals surface area contributed by atoms with Gasteiger partial charge in [0.1, 0.15) is 16.8 Å². The van der Waals surface area contributed by atoms with Gasteiger partial charge in [0.05, 0.1) is 0 Å². The first-order valence-electron chi connectivity index (χ1n) is 6.73. The van der Waals surface area contributed by atoms with Gasteiger partial charge in [0.25, 0.3) is 0 Å². The molecule has 4 nitrogen and oxygen atoms in total. The number of benzene rings is 1. The van der Waals surface area contributed by atoms with E-state index in [1.54, 1.807) is 0 Å². The molecule has 0 radical (unpaired) electrons. The first kappa shape index (κ1) is 14.6. The molecule has 0 bridgehead atoms. The Morgan fingerprint density at radius 1 is 1.32 bits per heavy atom. The molecular weight excluding hydrogens is 306 g/mol. The Balaban J connectivity index is 2.12. The number of imidazole rings is 1. The van der Waals surface area contributed by atoms with E-state index >= 15 is 0 Å². The van der Waals surface area contributed by atoms with E-state index in [2.05, 4.69) is 23.9 Å². The number of aromatic nitrogens is 3. The molecule has 0 aliphatic rings. The standard InChI is InChI=1S/C15H12F2N4S/c1-8(2)5-13-20-21-12(7-18)14(19-15(21)22-13)9-3-4-10(16)11(17)6-9/h3-4,6,8H,5H2,1-2H3. The monoisotopic (exact) mass is 318 g/mol. The zero-order chi connectivity index (χ0) is 15.9. The fourth-order valence-electron chi connectivity index (χ4n) is 2.16. The third kappa shape index (κ3) is 2.46. The molecule has 22 heavy (non-hydrogen) atoms. The minimum atomic E-state index is -0.966. The van der Waals surface area contributed by atoms with Crippen LogP contribution in [0.2, 0.25) is 0 Å². The predicted octanol–water partition coefficient (Wildman–Crippen LogP) is 3.81. The number of fused-ring (bicyclic) bond motifs is 1. The first-order valence-corrected chi connectivity index (χ1v) is 7.55. The summed E-state index contributed by atoms with van der Waals surface area (Å²) >= 11 is 1.40. The van der Waals surface area contributed by atoms with Crippen molar-refractivity contribution in [3.05, 3.63) is 40.5 Å². The summed E-state index contributed by atoms with van der Waals surface area (Å²) < 4.78 is 27.9. The largest absolute Gasteiger partial charge is 0.216 e. The van der Waals surface area contributed by atoms with Crippen LogP contribution in [0.25, 0.3) is 16.2 Å². The van der Waals surface area contributed by atoms with Gasteiger partial charge in [0.15, 0.2) is 17.3 Å². The molecule has 112 valence electrons. The van der Waals surface area contributed by atoms with E-state index in [4.69, 9.17) is 0 Å². The highest BCUT2D eigenvalue weighted by atomic mass is 32.1. The molecule has 0 aliphatic carbocycles. The van der Waals surface area contributed by atoms with Gasteiger partial charge in [-0.15, -0.1) is 0 Å². The Morgan fingerprint density at radius 2 is 2.09 bits per heavy atom. The maximum atomic E-state index is 13.4. The van der Waals surface area contributed by atoms with Gasteiger partial charge in [-0.25, -0.2) is 13.8 Å². The van der Waals surface area contributed by atoms with Crippen LogP contribution in [0.4, 0.5) is 8.78 Å². The lowest BCUT2D eigenvalue weighted by molar-refractivity contribution is 0.509. The highest BCUT2D eigenvalue weighted by Gasteiger charge is 2.19. The SMILES string of the molecule is CC(C)Cc1nn2c(C#N)c(-c3ccc(F)c(F)c3)nc2s1. The number of nitrogens with zero attached hydrogens (tertiary/aromatic N) is 4. The number of hydrogen-bond donors (Lipinski definition) is 0. The minimum absolute atomic E-state index is 0.229. The molecule has 0 atom stereocenters. The maximum absolute atomic E-state index is 13.4. The lowest BCUT2D eigenvalue weighted by atomic mass is 10.1. The Kier molecular flexibility index (Phi) is 3.62. The second-order valence-corrected chi connectivity index (χ2v) is 6.38. The topological polar surface area (TPSA) is 54.0 Å². The van der Waals surface area contributed by atoms with Crippen LogP contribution in [0.5, 0.6) is 0 Å². The van der Waals surface area contributed by atoms with Crippen LogP contribution in [0.3, 0.4) is 0 Å². The summed E-state index contributed by atoms with van der Waals surface area (Å²) in [7, 11) is 0. The van der Waals surface area contributed by atoms with E-state index in [9.17, 15) is 14.0 Å². The lowest BCUT2D eigenvalue weighted by Gasteiger charge is -2.00. The second kappa shape index (κ2) is 5.46. The summed E-state index contributed by atoms with van der Waals surface area (Å²) in [6.07, 6.45) is 0.805. The van der Waals surface area contributed by atoms with Crippen molar-refractivity contribution in [1.82, 2.24) is 14.6 Å². The molecule has 2 aromatic heterocycles. The van der Waals surface area contributed by atoms with E-state index in [0.717, 1.165) is 23.6 Å². The zero-order valence-corrected chi connectivity index (χ0v) is 12.8. The van der Waals surface area contributed by atoms with Crippen LogP contribution in [0.15, 0.2) is 18.2 Å². The normalized spacial score (nSPS) is 11.3. The van der Waals surface area contributed by atoms with Gasteiger partial charge < -0.3 is 0 Å². The van der Waals surface area contributed by atoms with Gasteiger partial charge in [0.2, 0.25) is 4.96 Å². The molecule has 0 unspecified atom stereocenters. The summed E-state index contributed by atoms with van der Waals surface area (Å²) in [5, 5.41) is 14.7. The van der Waals surface area contributed by atoms with Crippen molar-refractivity contribution < 1.29 is 8.78 Å². The Labute approximate surface area is 129 Å². The van der Waals surface area contributed by atoms with Crippen LogP contribution >= 0.6 is 11.3 Å². The molecule has 0 fully saturated rings. The van der Waals surface area contributed by atoms with Crippen LogP contribution < -0.4 is 0 Å². The summed E-state index contributed by atoms with van der Waals surface area (Å²) in [6, 6.07) is 5.51. The molecule has 0 aliphatic heterocycles. The quantitative estimate of drug-likeness (QED) is 0.738. The van der Waals surface area contributed by atoms with Crippen molar-refractivity contribution >= 4 is 16.3 Å². The number of hydrogen-bond acceptors (Lipinski definition) is 4. The van der Waals surface area contributed by atoms with E-state index in [1.165, 1.54) is 21.9 Å². The highest BCUT2D eigenvalue weighted by molar-refractivity contribution is 7.16. The summed E-state index contributed by atoms with van der Waals surface area (Å²) in [5.74, 6) is -1.45. The van der Waals surface area contributed by atoms with Crippen LogP contribution in [0, 0.1) is 28.9 Å². The lowest BCUT2D eigenvalue weighted by Crippen LogP contribution is -1.96. The second-order valence-electron chi connectivity index (χ2n) is 5.34. The highest BCUT2D eigenvalue weighted by Crippen LogP contribution is 2.28. The van der Waals surface area contributed by atoms with E-state index in [1.807, 2.05) is 6.07 Å². The Morgan fingerprint density at radius 3 is 2.73 bits per heavy atom. The smallest absolute Gasteiger partial charge is 0.214 e. The van der Waals surface area contributed by atoms with Crippen LogP contribution in [-0.4, -0.2) is 14.6 Å². The fraction of sp³-hybridized carbons (Fsp3) is 0.267. The van der Waals surface area contributed by atoms with Crippen molar-refractivity contribution in [3.8, 4) is 17.3 Å². The molecule has 0 saturated heterocycles. The summed E-state index contributed by atoms with van der Waals surface area (Å²) in [4.78, 5) is 4.94. The molecule has 1 aromatic carbocycles. The predicted molar refractivity (Wildman–Crippen MR) is 79.5 cm³/mol. The van der Waals surface area contributed by atoms with Gasteiger partial charge in [-0.05, 0) is 24.1 Å². The van der Waals surface area contributed by atoms with Gasteiger partial charge >= 0.3 is 0 Å². The molecule has 0 saturated carbocycles. The van der Waals surface area contributed by atoms with Crippen molar-refractivity contribution in [2.45, 2.75) is 20.3 Å². The van der Waals surface area contributed by atoms with Crippen LogP contribution in [0.1, 0.15) is 24.5 Å². The maximum Gasteiger partial charge on any atom is 0.214 e.